The lowest BCUT2D eigenvalue weighted by molar-refractivity contribution is -0.704. The molecule has 170 valence electrons. The molecule has 2 rings (SSSR count). The van der Waals surface area contributed by atoms with Gasteiger partial charge in [0.1, 0.15) is 22.8 Å². The maximum Gasteiger partial charge on any atom is 0.299 e. The lowest BCUT2D eigenvalue weighted by Crippen LogP contribution is -2.53. The largest absolute Gasteiger partial charge is 0.299 e. The van der Waals surface area contributed by atoms with Gasteiger partial charge in [-0.1, -0.05) is 22.5 Å². The van der Waals surface area contributed by atoms with Crippen molar-refractivity contribution in [3.05, 3.63) is 22.8 Å². The van der Waals surface area contributed by atoms with Crippen LogP contribution in [0.25, 0.3) is 0 Å². The lowest BCUT2D eigenvalue weighted by atomic mass is 10.3. The Labute approximate surface area is 195 Å². The molecule has 30 heavy (non-hydrogen) atoms. The van der Waals surface area contributed by atoms with Gasteiger partial charge in [0, 0.05) is 27.7 Å². The molecule has 2 aromatic rings. The van der Waals surface area contributed by atoms with Crippen LogP contribution in [-0.2, 0) is 0 Å². The summed E-state index contributed by atoms with van der Waals surface area (Å²) in [5.41, 5.74) is 7.51. The van der Waals surface area contributed by atoms with Crippen molar-refractivity contribution < 1.29 is 9.13 Å². The standard InChI is InChI=1S/C22H40Cl2N4P2/c1-13(2)25-17(9)18(10)26(14(3)4)21(25)29(23)30(24)22-27(15(5)6)19(11)20(12)28(22)16(7)8/h13-16H,1-12H3/q+2. The Bertz CT molecular complexity index is 776. The van der Waals surface area contributed by atoms with E-state index in [-0.39, 0.29) is 0 Å². The Morgan fingerprint density at radius 1 is 0.600 bits per heavy atom. The van der Waals surface area contributed by atoms with Crippen LogP contribution in [0.1, 0.15) is 102 Å². The van der Waals surface area contributed by atoms with Crippen LogP contribution in [0.15, 0.2) is 0 Å². The monoisotopic (exact) mass is 492 g/mol. The molecule has 0 bridgehead atoms. The second-order valence-corrected chi connectivity index (χ2v) is 17.0. The van der Waals surface area contributed by atoms with Gasteiger partial charge in [-0.2, -0.15) is 0 Å². The molecule has 0 N–H and O–H groups in total. The van der Waals surface area contributed by atoms with E-state index in [0.717, 1.165) is 0 Å². The smallest absolute Gasteiger partial charge is 0.224 e. The van der Waals surface area contributed by atoms with Crippen LogP contribution in [-0.4, -0.2) is 9.13 Å². The van der Waals surface area contributed by atoms with E-state index in [1.54, 1.807) is 0 Å². The number of hydrogen-bond acceptors (Lipinski definition) is 0. The van der Waals surface area contributed by atoms with Gasteiger partial charge in [0.15, 0.2) is 13.9 Å². The molecule has 0 saturated heterocycles. The number of rotatable bonds is 7. The predicted molar refractivity (Wildman–Crippen MR) is 135 cm³/mol. The summed E-state index contributed by atoms with van der Waals surface area (Å²) in [6.07, 6.45) is 0. The lowest BCUT2D eigenvalue weighted by Gasteiger charge is -2.19. The normalized spacial score (nSPS) is 14.6. The molecule has 0 aliphatic carbocycles. The van der Waals surface area contributed by atoms with Crippen molar-refractivity contribution in [2.75, 3.05) is 0 Å². The zero-order chi connectivity index (χ0) is 23.2. The van der Waals surface area contributed by atoms with Gasteiger partial charge in [0.05, 0.1) is 24.2 Å². The maximum atomic E-state index is 7.38. The molecule has 2 unspecified atom stereocenters. The minimum Gasteiger partial charge on any atom is -0.224 e. The SMILES string of the molecule is Cc1c(C)[n+](C(C)C)c(P(Cl)P(Cl)c2n(C(C)C)c(C)c(C)[n+]2C(C)C)n1C(C)C. The third kappa shape index (κ3) is 4.36. The van der Waals surface area contributed by atoms with Crippen LogP contribution in [0.4, 0.5) is 0 Å². The third-order valence-corrected chi connectivity index (χ3v) is 14.1. The average Bonchev–Trinajstić information content (AvgIpc) is 3.05. The minimum atomic E-state index is -1.11. The highest BCUT2D eigenvalue weighted by atomic mass is 35.7. The van der Waals surface area contributed by atoms with E-state index in [0.29, 0.717) is 24.2 Å². The van der Waals surface area contributed by atoms with Gasteiger partial charge in [-0.25, -0.2) is 18.3 Å². The average molecular weight is 493 g/mol. The van der Waals surface area contributed by atoms with Crippen LogP contribution in [0.3, 0.4) is 0 Å². The molecule has 0 aromatic carbocycles. The quantitative estimate of drug-likeness (QED) is 0.307. The summed E-state index contributed by atoms with van der Waals surface area (Å²) in [5.74, 6) is 0. The van der Waals surface area contributed by atoms with Crippen molar-refractivity contribution in [2.45, 2.75) is 107 Å². The first-order valence-electron chi connectivity index (χ1n) is 10.9. The second kappa shape index (κ2) is 9.78. The van der Waals surface area contributed by atoms with E-state index in [9.17, 15) is 0 Å². The first-order chi connectivity index (χ1) is 13.7. The van der Waals surface area contributed by atoms with Gasteiger partial charge in [-0.3, -0.25) is 0 Å². The molecular formula is C22H40Cl2N4P2+2. The second-order valence-electron chi connectivity index (χ2n) is 9.32. The van der Waals surface area contributed by atoms with Gasteiger partial charge in [0.2, 0.25) is 0 Å². The fourth-order valence-corrected chi connectivity index (χ4v) is 11.4. The summed E-state index contributed by atoms with van der Waals surface area (Å²) in [6, 6.07) is 1.33. The van der Waals surface area contributed by atoms with Crippen molar-refractivity contribution in [1.82, 2.24) is 9.13 Å². The van der Waals surface area contributed by atoms with Crippen molar-refractivity contribution in [3.8, 4) is 0 Å². The van der Waals surface area contributed by atoms with Crippen LogP contribution in [0, 0.1) is 27.7 Å². The number of hydrogen-bond donors (Lipinski definition) is 0. The number of imidazole rings is 2. The number of halogens is 2. The zero-order valence-corrected chi connectivity index (χ0v) is 24.0. The molecule has 0 spiro atoms. The van der Waals surface area contributed by atoms with Gasteiger partial charge < -0.3 is 0 Å². The summed E-state index contributed by atoms with van der Waals surface area (Å²) in [6.45, 7) is 24.5. The van der Waals surface area contributed by atoms with E-state index in [1.165, 1.54) is 33.9 Å². The molecule has 0 aliphatic heterocycles. The molecule has 0 fully saturated rings. The number of aromatic nitrogens is 4. The maximum absolute atomic E-state index is 7.38. The van der Waals surface area contributed by atoms with Gasteiger partial charge in [-0.15, -0.1) is 0 Å². The highest BCUT2D eigenvalue weighted by molar-refractivity contribution is 8.53. The Kier molecular flexibility index (Phi) is 8.51. The van der Waals surface area contributed by atoms with Crippen molar-refractivity contribution in [2.24, 2.45) is 0 Å². The molecule has 0 radical (unpaired) electrons. The fourth-order valence-electron chi connectivity index (χ4n) is 4.52. The Hall–Kier alpha value is -0.140. The van der Waals surface area contributed by atoms with Crippen LogP contribution >= 0.6 is 36.4 Å². The van der Waals surface area contributed by atoms with Crippen molar-refractivity contribution >= 4 is 47.5 Å². The van der Waals surface area contributed by atoms with Crippen LogP contribution < -0.4 is 20.3 Å². The number of nitrogens with zero attached hydrogens (tertiary/aromatic N) is 4. The van der Waals surface area contributed by atoms with E-state index in [4.69, 9.17) is 22.5 Å². The van der Waals surface area contributed by atoms with E-state index in [1.807, 2.05) is 0 Å². The molecule has 0 aliphatic rings. The minimum absolute atomic E-state index is 0.333. The molecule has 0 saturated carbocycles. The Morgan fingerprint density at radius 2 is 0.867 bits per heavy atom. The zero-order valence-electron chi connectivity index (χ0n) is 20.7. The molecular weight excluding hydrogens is 453 g/mol. The third-order valence-electron chi connectivity index (χ3n) is 5.90. The van der Waals surface area contributed by atoms with Crippen molar-refractivity contribution in [1.29, 1.82) is 0 Å². The van der Waals surface area contributed by atoms with E-state index < -0.39 is 13.9 Å². The predicted octanol–water partition coefficient (Wildman–Crippen LogP) is 6.56. The van der Waals surface area contributed by atoms with Crippen LogP contribution in [0.2, 0.25) is 0 Å². The highest BCUT2D eigenvalue weighted by Crippen LogP contribution is 2.73. The van der Waals surface area contributed by atoms with Gasteiger partial charge >= 0.3 is 0 Å². The first-order valence-corrected chi connectivity index (χ1v) is 16.1. The molecule has 2 heterocycles. The molecule has 2 atom stereocenters. The fraction of sp³-hybridized carbons (Fsp3) is 0.727. The molecule has 0 amide bonds. The highest BCUT2D eigenvalue weighted by Gasteiger charge is 2.45. The summed E-state index contributed by atoms with van der Waals surface area (Å²) < 4.78 is 9.64. The Morgan fingerprint density at radius 3 is 1.07 bits per heavy atom. The van der Waals surface area contributed by atoms with Gasteiger partial charge in [0.25, 0.3) is 11.1 Å². The van der Waals surface area contributed by atoms with E-state index >= 15 is 0 Å². The van der Waals surface area contributed by atoms with Crippen LogP contribution in [0.5, 0.6) is 0 Å². The molecule has 8 heteroatoms. The summed E-state index contributed by atoms with van der Waals surface area (Å²) in [7, 11) is 0. The summed E-state index contributed by atoms with van der Waals surface area (Å²) in [5, 5.41) is 0. The summed E-state index contributed by atoms with van der Waals surface area (Å²) >= 11 is 14.8. The first kappa shape index (κ1) is 26.1. The summed E-state index contributed by atoms with van der Waals surface area (Å²) in [4.78, 5) is 0. The topological polar surface area (TPSA) is 17.6 Å². The van der Waals surface area contributed by atoms with Crippen molar-refractivity contribution in [3.63, 3.8) is 0 Å². The molecule has 4 nitrogen and oxygen atoms in total. The van der Waals surface area contributed by atoms with E-state index in [2.05, 4.69) is 101 Å². The Balaban J connectivity index is 2.81. The van der Waals surface area contributed by atoms with Gasteiger partial charge in [-0.05, 0) is 55.4 Å². The molecule has 2 aromatic heterocycles.